The first-order valence-corrected chi connectivity index (χ1v) is 8.96. The van der Waals surface area contributed by atoms with Crippen LogP contribution in [0.3, 0.4) is 0 Å². The van der Waals surface area contributed by atoms with Gasteiger partial charge in [0, 0.05) is 36.5 Å². The van der Waals surface area contributed by atoms with Crippen LogP contribution < -0.4 is 10.6 Å². The van der Waals surface area contributed by atoms with Gasteiger partial charge in [-0.05, 0) is 36.6 Å². The van der Waals surface area contributed by atoms with Crippen molar-refractivity contribution in [1.29, 1.82) is 0 Å². The van der Waals surface area contributed by atoms with E-state index >= 15 is 0 Å². The average molecular weight is 380 g/mol. The first kappa shape index (κ1) is 18.0. The lowest BCUT2D eigenvalue weighted by atomic mass is 10.1. The maximum absolute atomic E-state index is 12.6. The number of nitrogens with zero attached hydrogens (tertiary/aromatic N) is 2. The first-order valence-electron chi connectivity index (χ1n) is 8.96. The third kappa shape index (κ3) is 3.29. The van der Waals surface area contributed by atoms with E-state index in [4.69, 9.17) is 14.4 Å². The molecular weight excluding hydrogens is 360 g/mol. The molecule has 3 N–H and O–H groups in total. The van der Waals surface area contributed by atoms with Crippen molar-refractivity contribution >= 4 is 34.0 Å². The molecule has 1 aliphatic rings. The van der Waals surface area contributed by atoms with Gasteiger partial charge in [-0.25, -0.2) is 0 Å². The van der Waals surface area contributed by atoms with Gasteiger partial charge < -0.3 is 25.0 Å². The van der Waals surface area contributed by atoms with E-state index < -0.39 is 0 Å². The molecule has 8 nitrogen and oxygen atoms in total. The van der Waals surface area contributed by atoms with Gasteiger partial charge in [0.15, 0.2) is 5.58 Å². The second kappa shape index (κ2) is 7.69. The molecule has 0 atom stereocenters. The third-order valence-electron chi connectivity index (χ3n) is 4.73. The smallest absolute Gasteiger partial charge is 0.289 e. The highest BCUT2D eigenvalue weighted by Gasteiger charge is 2.22. The van der Waals surface area contributed by atoms with Gasteiger partial charge in [-0.15, -0.1) is 0 Å². The molecule has 2 heterocycles. The molecule has 0 saturated heterocycles. The van der Waals surface area contributed by atoms with Crippen molar-refractivity contribution in [2.24, 2.45) is 5.16 Å². The summed E-state index contributed by atoms with van der Waals surface area (Å²) in [5.74, 6) is -0.135. The molecule has 0 fully saturated rings. The Balaban J connectivity index is 1.68. The van der Waals surface area contributed by atoms with Crippen molar-refractivity contribution < 1.29 is 19.2 Å². The number of aryl methyl sites for hydroxylation is 1. The van der Waals surface area contributed by atoms with E-state index in [1.807, 2.05) is 18.2 Å². The number of nitrogens with one attached hydrogen (secondary N) is 2. The molecule has 0 spiro atoms. The predicted octanol–water partition coefficient (Wildman–Crippen LogP) is 3.07. The fourth-order valence-corrected chi connectivity index (χ4v) is 3.38. The number of carbonyl (C=O) groups excluding carboxylic acids is 1. The zero-order valence-electron chi connectivity index (χ0n) is 15.4. The third-order valence-corrected chi connectivity index (χ3v) is 4.73. The van der Waals surface area contributed by atoms with E-state index in [1.54, 1.807) is 25.6 Å². The van der Waals surface area contributed by atoms with Crippen LogP contribution in [-0.4, -0.2) is 42.1 Å². The van der Waals surface area contributed by atoms with Gasteiger partial charge in [-0.2, -0.15) is 0 Å². The SMILES string of the molecule is COCCNC(=O)c1oc2cnccc2c1Nc1ccc2c(c1)CCC2=NO. The number of oxime groups is 1. The number of aromatic nitrogens is 1. The number of amides is 1. The van der Waals surface area contributed by atoms with Crippen LogP contribution in [0.4, 0.5) is 11.4 Å². The van der Waals surface area contributed by atoms with Crippen molar-refractivity contribution in [2.45, 2.75) is 12.8 Å². The van der Waals surface area contributed by atoms with E-state index in [1.165, 1.54) is 0 Å². The average Bonchev–Trinajstić information content (AvgIpc) is 3.29. The van der Waals surface area contributed by atoms with E-state index in [9.17, 15) is 4.79 Å². The summed E-state index contributed by atoms with van der Waals surface area (Å²) in [6.07, 6.45) is 4.76. The van der Waals surface area contributed by atoms with Crippen molar-refractivity contribution in [3.8, 4) is 0 Å². The summed E-state index contributed by atoms with van der Waals surface area (Å²) in [7, 11) is 1.58. The number of carbonyl (C=O) groups is 1. The summed E-state index contributed by atoms with van der Waals surface area (Å²) in [6.45, 7) is 0.794. The number of furan rings is 1. The second-order valence-electron chi connectivity index (χ2n) is 6.47. The minimum atomic E-state index is -0.327. The molecule has 0 saturated carbocycles. The zero-order valence-corrected chi connectivity index (χ0v) is 15.4. The summed E-state index contributed by atoms with van der Waals surface area (Å²) in [4.78, 5) is 16.7. The van der Waals surface area contributed by atoms with Crippen LogP contribution in [0.15, 0.2) is 46.2 Å². The fourth-order valence-electron chi connectivity index (χ4n) is 3.38. The van der Waals surface area contributed by atoms with E-state index in [-0.39, 0.29) is 11.7 Å². The molecule has 2 aromatic heterocycles. The number of methoxy groups -OCH3 is 1. The Morgan fingerprint density at radius 3 is 3.07 bits per heavy atom. The number of ether oxygens (including phenoxy) is 1. The predicted molar refractivity (Wildman–Crippen MR) is 105 cm³/mol. The standard InChI is InChI=1S/C20H20N4O4/c1-27-9-8-22-20(25)19-18(15-6-7-21-11-17(15)28-19)23-13-3-4-14-12(10-13)2-5-16(14)24-26/h3-4,6-7,10-11,23,26H,2,5,8-9H2,1H3,(H,22,25). The summed E-state index contributed by atoms with van der Waals surface area (Å²) < 4.78 is 10.7. The van der Waals surface area contributed by atoms with Gasteiger partial charge in [0.05, 0.1) is 24.2 Å². The van der Waals surface area contributed by atoms with Crippen LogP contribution in [0.2, 0.25) is 0 Å². The lowest BCUT2D eigenvalue weighted by Crippen LogP contribution is -2.27. The molecule has 28 heavy (non-hydrogen) atoms. The molecule has 0 radical (unpaired) electrons. The number of anilines is 2. The molecule has 1 aromatic carbocycles. The highest BCUT2D eigenvalue weighted by molar-refractivity contribution is 6.07. The normalized spacial score (nSPS) is 14.4. The maximum Gasteiger partial charge on any atom is 0.289 e. The number of rotatable bonds is 6. The van der Waals surface area contributed by atoms with Gasteiger partial charge in [0.2, 0.25) is 5.76 Å². The minimum Gasteiger partial charge on any atom is -0.447 e. The van der Waals surface area contributed by atoms with Gasteiger partial charge in [0.25, 0.3) is 5.91 Å². The molecule has 4 rings (SSSR count). The topological polar surface area (TPSA) is 109 Å². The molecule has 0 unspecified atom stereocenters. The van der Waals surface area contributed by atoms with Crippen LogP contribution in [0.5, 0.6) is 0 Å². The monoisotopic (exact) mass is 380 g/mol. The maximum atomic E-state index is 12.6. The van der Waals surface area contributed by atoms with E-state index in [2.05, 4.69) is 20.8 Å². The van der Waals surface area contributed by atoms with Crippen LogP contribution in [0.1, 0.15) is 28.1 Å². The Morgan fingerprint density at radius 2 is 2.25 bits per heavy atom. The highest BCUT2D eigenvalue weighted by Crippen LogP contribution is 2.34. The second-order valence-corrected chi connectivity index (χ2v) is 6.47. The van der Waals surface area contributed by atoms with Crippen molar-refractivity contribution in [3.63, 3.8) is 0 Å². The van der Waals surface area contributed by atoms with Gasteiger partial charge >= 0.3 is 0 Å². The van der Waals surface area contributed by atoms with E-state index in [0.717, 1.165) is 28.6 Å². The molecule has 144 valence electrons. The first-order chi connectivity index (χ1) is 13.7. The number of pyridine rings is 1. The van der Waals surface area contributed by atoms with Crippen LogP contribution >= 0.6 is 0 Å². The summed E-state index contributed by atoms with van der Waals surface area (Å²) in [5.41, 5.74) is 4.67. The summed E-state index contributed by atoms with van der Waals surface area (Å²) >= 11 is 0. The lowest BCUT2D eigenvalue weighted by Gasteiger charge is -2.09. The summed E-state index contributed by atoms with van der Waals surface area (Å²) in [5, 5.41) is 19.3. The van der Waals surface area contributed by atoms with Crippen LogP contribution in [0.25, 0.3) is 11.0 Å². The number of fused-ring (bicyclic) bond motifs is 2. The Bertz CT molecular complexity index is 1060. The van der Waals surface area contributed by atoms with Gasteiger partial charge in [-0.3, -0.25) is 9.78 Å². The molecule has 1 amide bonds. The molecule has 3 aromatic rings. The lowest BCUT2D eigenvalue weighted by molar-refractivity contribution is 0.0913. The highest BCUT2D eigenvalue weighted by atomic mass is 16.5. The van der Waals surface area contributed by atoms with Crippen LogP contribution in [0, 0.1) is 0 Å². The zero-order chi connectivity index (χ0) is 19.5. The van der Waals surface area contributed by atoms with Crippen molar-refractivity contribution in [1.82, 2.24) is 10.3 Å². The minimum absolute atomic E-state index is 0.192. The molecule has 0 bridgehead atoms. The summed E-state index contributed by atoms with van der Waals surface area (Å²) in [6, 6.07) is 7.61. The number of hydrogen-bond donors (Lipinski definition) is 3. The quantitative estimate of drug-likeness (QED) is 0.344. The fraction of sp³-hybridized carbons (Fsp3) is 0.250. The number of hydrogen-bond acceptors (Lipinski definition) is 7. The Hall–Kier alpha value is -3.39. The van der Waals surface area contributed by atoms with Crippen molar-refractivity contribution in [2.75, 3.05) is 25.6 Å². The Morgan fingerprint density at radius 1 is 1.36 bits per heavy atom. The molecule has 0 aliphatic heterocycles. The molecule has 8 heteroatoms. The largest absolute Gasteiger partial charge is 0.447 e. The molecular formula is C20H20N4O4. The van der Waals surface area contributed by atoms with Gasteiger partial charge in [-0.1, -0.05) is 11.2 Å². The Labute approximate surface area is 161 Å². The van der Waals surface area contributed by atoms with Crippen LogP contribution in [-0.2, 0) is 11.2 Å². The van der Waals surface area contributed by atoms with Crippen molar-refractivity contribution in [3.05, 3.63) is 53.5 Å². The van der Waals surface area contributed by atoms with E-state index in [0.29, 0.717) is 36.6 Å². The Kier molecular flexibility index (Phi) is 4.94. The number of benzene rings is 1. The van der Waals surface area contributed by atoms with Gasteiger partial charge in [0.1, 0.15) is 0 Å². The molecule has 1 aliphatic carbocycles.